The van der Waals surface area contributed by atoms with Gasteiger partial charge in [0.25, 0.3) is 5.91 Å². The molecule has 1 aliphatic carbocycles. The summed E-state index contributed by atoms with van der Waals surface area (Å²) in [5, 5.41) is 6.02. The minimum Gasteiger partial charge on any atom is -0.369 e. The predicted molar refractivity (Wildman–Crippen MR) is 130 cm³/mol. The number of nitrogens with one attached hydrogen (secondary N) is 2. The van der Waals surface area contributed by atoms with Crippen molar-refractivity contribution in [3.63, 3.8) is 0 Å². The van der Waals surface area contributed by atoms with Crippen molar-refractivity contribution in [2.24, 2.45) is 17.1 Å². The van der Waals surface area contributed by atoms with Crippen molar-refractivity contribution in [1.29, 1.82) is 0 Å². The first-order valence-electron chi connectivity index (χ1n) is 12.4. The SMILES string of the molecule is CN1CCN(C(=O)c2ccc(Nc3ncc(C(F)(F)F)c(C4NC[C@@]45CCC[C@H]5C(N)=O)n3)cc2)CC1. The molecule has 0 bridgehead atoms. The van der Waals surface area contributed by atoms with Crippen LogP contribution in [0.2, 0.25) is 0 Å². The van der Waals surface area contributed by atoms with E-state index in [4.69, 9.17) is 5.73 Å². The molecular formula is C25H30F3N7O2. The van der Waals surface area contributed by atoms with Crippen molar-refractivity contribution in [3.05, 3.63) is 47.3 Å². The van der Waals surface area contributed by atoms with Crippen LogP contribution >= 0.6 is 0 Å². The maximum absolute atomic E-state index is 13.9. The second-order valence-electron chi connectivity index (χ2n) is 10.2. The molecular weight excluding hydrogens is 487 g/mol. The molecule has 37 heavy (non-hydrogen) atoms. The highest BCUT2D eigenvalue weighted by molar-refractivity contribution is 5.94. The monoisotopic (exact) mass is 517 g/mol. The molecule has 0 radical (unpaired) electrons. The number of rotatable bonds is 5. The summed E-state index contributed by atoms with van der Waals surface area (Å²) in [7, 11) is 2.02. The van der Waals surface area contributed by atoms with Crippen molar-refractivity contribution in [1.82, 2.24) is 25.1 Å². The molecule has 1 aromatic heterocycles. The minimum atomic E-state index is -4.65. The molecule has 3 heterocycles. The summed E-state index contributed by atoms with van der Waals surface area (Å²) in [4.78, 5) is 37.0. The Kier molecular flexibility index (Phi) is 6.57. The van der Waals surface area contributed by atoms with Crippen LogP contribution in [0.25, 0.3) is 0 Å². The Hall–Kier alpha value is -3.25. The van der Waals surface area contributed by atoms with Crippen LogP contribution in [0.15, 0.2) is 30.5 Å². The van der Waals surface area contributed by atoms with Gasteiger partial charge in [-0.1, -0.05) is 6.42 Å². The van der Waals surface area contributed by atoms with E-state index in [0.29, 0.717) is 43.7 Å². The fourth-order valence-corrected chi connectivity index (χ4v) is 5.83. The van der Waals surface area contributed by atoms with Crippen molar-refractivity contribution >= 4 is 23.5 Å². The van der Waals surface area contributed by atoms with E-state index >= 15 is 0 Å². The van der Waals surface area contributed by atoms with Gasteiger partial charge in [0.15, 0.2) is 0 Å². The lowest BCUT2D eigenvalue weighted by molar-refractivity contribution is -0.140. The standard InChI is InChI=1S/C25H30F3N7O2/c1-34-9-11-35(12-10-34)22(37)15-4-6-16(7-5-15)32-23-30-13-18(25(26,27)28)19(33-23)20-24(14-31-20)8-2-3-17(24)21(29)36/h4-7,13,17,20,31H,2-3,8-12,14H2,1H3,(H2,29,36)(H,30,32,33)/t17-,20?,24+/m0/s1. The number of carbonyl (C=O) groups excluding carboxylic acids is 2. The van der Waals surface area contributed by atoms with Gasteiger partial charge in [-0.05, 0) is 44.2 Å². The molecule has 3 fully saturated rings. The summed E-state index contributed by atoms with van der Waals surface area (Å²) in [5.74, 6) is -1.05. The number of carbonyl (C=O) groups is 2. The number of nitrogens with two attached hydrogens (primary N) is 1. The number of piperazine rings is 1. The molecule has 2 aromatic rings. The van der Waals surface area contributed by atoms with E-state index < -0.39 is 35.0 Å². The third kappa shape index (κ3) is 4.75. The highest BCUT2D eigenvalue weighted by Crippen LogP contribution is 2.57. The van der Waals surface area contributed by atoms with E-state index in [0.717, 1.165) is 25.7 Å². The normalized spacial score (nSPS) is 26.2. The smallest absolute Gasteiger partial charge is 0.369 e. The Morgan fingerprint density at radius 2 is 1.86 bits per heavy atom. The largest absolute Gasteiger partial charge is 0.419 e. The van der Waals surface area contributed by atoms with E-state index in [1.807, 2.05) is 7.05 Å². The zero-order chi connectivity index (χ0) is 26.4. The summed E-state index contributed by atoms with van der Waals surface area (Å²) >= 11 is 0. The lowest BCUT2D eigenvalue weighted by Crippen LogP contribution is -2.60. The Morgan fingerprint density at radius 3 is 2.46 bits per heavy atom. The van der Waals surface area contributed by atoms with E-state index in [-0.39, 0.29) is 17.5 Å². The molecule has 9 nitrogen and oxygen atoms in total. The molecule has 1 saturated carbocycles. The molecule has 2 saturated heterocycles. The van der Waals surface area contributed by atoms with Crippen molar-refractivity contribution in [3.8, 4) is 0 Å². The van der Waals surface area contributed by atoms with Gasteiger partial charge >= 0.3 is 6.18 Å². The first-order chi connectivity index (χ1) is 17.6. The maximum atomic E-state index is 13.9. The zero-order valence-electron chi connectivity index (χ0n) is 20.5. The second-order valence-corrected chi connectivity index (χ2v) is 10.2. The summed E-state index contributed by atoms with van der Waals surface area (Å²) in [5.41, 5.74) is 4.87. The summed E-state index contributed by atoms with van der Waals surface area (Å²) in [6, 6.07) is 5.94. The van der Waals surface area contributed by atoms with Gasteiger partial charge in [-0.3, -0.25) is 9.59 Å². The van der Waals surface area contributed by atoms with Crippen LogP contribution in [-0.2, 0) is 11.0 Å². The topological polar surface area (TPSA) is 116 Å². The highest BCUT2D eigenvalue weighted by atomic mass is 19.4. The van der Waals surface area contributed by atoms with E-state index in [2.05, 4.69) is 25.5 Å². The van der Waals surface area contributed by atoms with Crippen LogP contribution in [-0.4, -0.2) is 71.4 Å². The Morgan fingerprint density at radius 1 is 1.16 bits per heavy atom. The van der Waals surface area contributed by atoms with Crippen molar-refractivity contribution < 1.29 is 22.8 Å². The van der Waals surface area contributed by atoms with Gasteiger partial charge in [-0.2, -0.15) is 13.2 Å². The van der Waals surface area contributed by atoms with Gasteiger partial charge in [-0.25, -0.2) is 9.97 Å². The summed E-state index contributed by atoms with van der Waals surface area (Å²) in [6.45, 7) is 3.36. The van der Waals surface area contributed by atoms with Gasteiger partial charge in [0.1, 0.15) is 0 Å². The zero-order valence-corrected chi connectivity index (χ0v) is 20.5. The average Bonchev–Trinajstić information content (AvgIpc) is 3.31. The number of amides is 2. The third-order valence-electron chi connectivity index (χ3n) is 7.96. The van der Waals surface area contributed by atoms with E-state index in [1.54, 1.807) is 29.2 Å². The summed E-state index contributed by atoms with van der Waals surface area (Å²) in [6.07, 6.45) is -1.99. The van der Waals surface area contributed by atoms with Gasteiger partial charge in [0.05, 0.1) is 17.3 Å². The van der Waals surface area contributed by atoms with Crippen LogP contribution in [0.3, 0.4) is 0 Å². The molecule has 2 amide bonds. The Bertz CT molecular complexity index is 1180. The number of hydrogen-bond acceptors (Lipinski definition) is 7. The fraction of sp³-hybridized carbons (Fsp3) is 0.520. The van der Waals surface area contributed by atoms with Gasteiger partial charge < -0.3 is 26.2 Å². The number of hydrogen-bond donors (Lipinski definition) is 3. The number of likely N-dealkylation sites (N-methyl/N-ethyl adjacent to an activating group) is 1. The fourth-order valence-electron chi connectivity index (χ4n) is 5.83. The van der Waals surface area contributed by atoms with Crippen molar-refractivity contribution in [2.45, 2.75) is 31.5 Å². The molecule has 3 aliphatic rings. The second kappa shape index (κ2) is 9.56. The highest BCUT2D eigenvalue weighted by Gasteiger charge is 2.58. The predicted octanol–water partition coefficient (Wildman–Crippen LogP) is 2.54. The number of anilines is 2. The lowest BCUT2D eigenvalue weighted by atomic mass is 9.64. The van der Waals surface area contributed by atoms with Crippen LogP contribution in [0.4, 0.5) is 24.8 Å². The molecule has 5 rings (SSSR count). The maximum Gasteiger partial charge on any atom is 0.419 e. The molecule has 1 aromatic carbocycles. The van der Waals surface area contributed by atoms with Gasteiger partial charge in [0.2, 0.25) is 11.9 Å². The van der Waals surface area contributed by atoms with Crippen LogP contribution in [0.5, 0.6) is 0 Å². The first-order valence-corrected chi connectivity index (χ1v) is 12.4. The number of alkyl halides is 3. The number of benzene rings is 1. The molecule has 198 valence electrons. The van der Waals surface area contributed by atoms with Gasteiger partial charge in [-0.15, -0.1) is 0 Å². The third-order valence-corrected chi connectivity index (χ3v) is 7.96. The van der Waals surface area contributed by atoms with Crippen LogP contribution in [0.1, 0.15) is 46.9 Å². The Balaban J connectivity index is 1.37. The number of halogens is 3. The van der Waals surface area contributed by atoms with Crippen molar-refractivity contribution in [2.75, 3.05) is 45.1 Å². The van der Waals surface area contributed by atoms with E-state index in [9.17, 15) is 22.8 Å². The lowest BCUT2D eigenvalue weighted by Gasteiger charge is -2.51. The molecule has 1 spiro atoms. The molecule has 12 heteroatoms. The quantitative estimate of drug-likeness (QED) is 0.558. The molecule has 3 atom stereocenters. The Labute approximate surface area is 212 Å². The summed E-state index contributed by atoms with van der Waals surface area (Å²) < 4.78 is 41.7. The van der Waals surface area contributed by atoms with Gasteiger partial charge in [0, 0.05) is 61.5 Å². The minimum absolute atomic E-state index is 0.00128. The number of primary amides is 1. The van der Waals surface area contributed by atoms with Crippen LogP contribution in [0, 0.1) is 11.3 Å². The molecule has 1 unspecified atom stereocenters. The number of aromatic nitrogens is 2. The molecule has 4 N–H and O–H groups in total. The number of nitrogens with zero attached hydrogens (tertiary/aromatic N) is 4. The van der Waals surface area contributed by atoms with E-state index in [1.165, 1.54) is 0 Å². The first kappa shape index (κ1) is 25.4. The average molecular weight is 518 g/mol. The molecule has 2 aliphatic heterocycles. The van der Waals surface area contributed by atoms with Crippen LogP contribution < -0.4 is 16.4 Å².